The van der Waals surface area contributed by atoms with E-state index in [1.54, 1.807) is 0 Å². The number of benzene rings is 1. The first-order valence-corrected chi connectivity index (χ1v) is 9.46. The van der Waals surface area contributed by atoms with Crippen molar-refractivity contribution in [2.24, 2.45) is 0 Å². The van der Waals surface area contributed by atoms with Gasteiger partial charge >= 0.3 is 0 Å². The Balaban J connectivity index is 1.30. The van der Waals surface area contributed by atoms with Gasteiger partial charge in [-0.15, -0.1) is 0 Å². The molecule has 1 saturated carbocycles. The van der Waals surface area contributed by atoms with Crippen molar-refractivity contribution in [3.05, 3.63) is 23.8 Å². The molecule has 24 heavy (non-hydrogen) atoms. The molecule has 5 heteroatoms. The minimum absolute atomic E-state index is 0.804. The third-order valence-corrected chi connectivity index (χ3v) is 5.69. The zero-order valence-corrected chi connectivity index (χ0v) is 14.3. The van der Waals surface area contributed by atoms with Crippen LogP contribution < -0.4 is 4.90 Å². The quantitative estimate of drug-likeness (QED) is 0.863. The fourth-order valence-electron chi connectivity index (χ4n) is 4.11. The first kappa shape index (κ1) is 14.7. The van der Waals surface area contributed by atoms with Gasteiger partial charge < -0.3 is 9.32 Å². The lowest BCUT2D eigenvalue weighted by Gasteiger charge is -2.33. The smallest absolute Gasteiger partial charge is 0.298 e. The normalized spacial score (nSPS) is 23.4. The maximum absolute atomic E-state index is 6.03. The van der Waals surface area contributed by atoms with E-state index in [0.717, 1.165) is 55.9 Å². The fraction of sp³-hybridized carbons (Fsp3) is 0.632. The third-order valence-electron chi connectivity index (χ3n) is 5.69. The summed E-state index contributed by atoms with van der Waals surface area (Å²) >= 11 is 0. The van der Waals surface area contributed by atoms with E-state index in [0.29, 0.717) is 0 Å². The lowest BCUT2D eigenvalue weighted by molar-refractivity contribution is 0.244. The predicted octanol–water partition coefficient (Wildman–Crippen LogP) is 2.71. The minimum Gasteiger partial charge on any atom is -0.423 e. The largest absolute Gasteiger partial charge is 0.423 e. The molecular weight excluding hydrogens is 300 g/mol. The van der Waals surface area contributed by atoms with Crippen LogP contribution in [0.4, 0.5) is 6.01 Å². The SMILES string of the molecule is c1cc2oc(N3CCN(C4CC4)CC3)nc2cc1CN1CCCC1. The number of nitrogens with zero attached hydrogens (tertiary/aromatic N) is 4. The predicted molar refractivity (Wildman–Crippen MR) is 95.3 cm³/mol. The van der Waals surface area contributed by atoms with Crippen molar-refractivity contribution in [1.29, 1.82) is 0 Å². The first-order chi connectivity index (χ1) is 11.8. The molecule has 5 nitrogen and oxygen atoms in total. The molecule has 2 saturated heterocycles. The highest BCUT2D eigenvalue weighted by Crippen LogP contribution is 2.29. The summed E-state index contributed by atoms with van der Waals surface area (Å²) < 4.78 is 6.03. The number of likely N-dealkylation sites (tertiary alicyclic amines) is 1. The van der Waals surface area contributed by atoms with E-state index < -0.39 is 0 Å². The van der Waals surface area contributed by atoms with E-state index >= 15 is 0 Å². The zero-order valence-electron chi connectivity index (χ0n) is 14.3. The first-order valence-electron chi connectivity index (χ1n) is 9.46. The van der Waals surface area contributed by atoms with E-state index in [9.17, 15) is 0 Å². The third kappa shape index (κ3) is 2.91. The van der Waals surface area contributed by atoms with E-state index in [1.165, 1.54) is 44.3 Å². The van der Waals surface area contributed by atoms with E-state index in [-0.39, 0.29) is 0 Å². The monoisotopic (exact) mass is 326 g/mol. The molecule has 3 fully saturated rings. The number of oxazole rings is 1. The van der Waals surface area contributed by atoms with Gasteiger partial charge in [-0.05, 0) is 56.5 Å². The van der Waals surface area contributed by atoms with Gasteiger partial charge in [0.2, 0.25) is 0 Å². The molecule has 1 aliphatic carbocycles. The number of piperazine rings is 1. The van der Waals surface area contributed by atoms with Gasteiger partial charge in [0.05, 0.1) is 0 Å². The van der Waals surface area contributed by atoms with Crippen LogP contribution in [0, 0.1) is 0 Å². The van der Waals surface area contributed by atoms with E-state index in [2.05, 4.69) is 32.9 Å². The number of hydrogen-bond donors (Lipinski definition) is 0. The molecule has 3 aliphatic rings. The Morgan fingerprint density at radius 2 is 1.79 bits per heavy atom. The van der Waals surface area contributed by atoms with Crippen LogP contribution in [-0.2, 0) is 6.54 Å². The van der Waals surface area contributed by atoms with Crippen LogP contribution in [0.3, 0.4) is 0 Å². The highest BCUT2D eigenvalue weighted by Gasteiger charge is 2.32. The highest BCUT2D eigenvalue weighted by atomic mass is 16.4. The second kappa shape index (κ2) is 6.05. The van der Waals surface area contributed by atoms with Crippen LogP contribution in [0.15, 0.2) is 22.6 Å². The Hall–Kier alpha value is -1.59. The van der Waals surface area contributed by atoms with Gasteiger partial charge in [-0.2, -0.15) is 4.98 Å². The molecule has 2 aromatic rings. The maximum Gasteiger partial charge on any atom is 0.298 e. The van der Waals surface area contributed by atoms with E-state index in [4.69, 9.17) is 9.40 Å². The second-order valence-corrected chi connectivity index (χ2v) is 7.54. The summed E-state index contributed by atoms with van der Waals surface area (Å²) in [5.41, 5.74) is 3.27. The van der Waals surface area contributed by atoms with Crippen molar-refractivity contribution in [3.63, 3.8) is 0 Å². The lowest BCUT2D eigenvalue weighted by atomic mass is 10.2. The molecular formula is C19H26N4O. The summed E-state index contributed by atoms with van der Waals surface area (Å²) in [5, 5.41) is 0. The summed E-state index contributed by atoms with van der Waals surface area (Å²) in [6.45, 7) is 7.85. The van der Waals surface area contributed by atoms with Crippen LogP contribution in [0.2, 0.25) is 0 Å². The molecule has 0 atom stereocenters. The Bertz CT molecular complexity index is 709. The Kier molecular flexibility index (Phi) is 3.71. The summed E-state index contributed by atoms with van der Waals surface area (Å²) in [4.78, 5) is 12.2. The van der Waals surface area contributed by atoms with Gasteiger partial charge in [-0.3, -0.25) is 9.80 Å². The highest BCUT2D eigenvalue weighted by molar-refractivity contribution is 5.75. The Morgan fingerprint density at radius 1 is 1.00 bits per heavy atom. The van der Waals surface area contributed by atoms with Gasteiger partial charge in [-0.25, -0.2) is 0 Å². The van der Waals surface area contributed by atoms with Crippen molar-refractivity contribution in [2.75, 3.05) is 44.2 Å². The van der Waals surface area contributed by atoms with Gasteiger partial charge in [0.1, 0.15) is 5.52 Å². The molecule has 1 aromatic heterocycles. The second-order valence-electron chi connectivity index (χ2n) is 7.54. The number of fused-ring (bicyclic) bond motifs is 1. The minimum atomic E-state index is 0.804. The zero-order chi connectivity index (χ0) is 15.9. The lowest BCUT2D eigenvalue weighted by Crippen LogP contribution is -2.47. The van der Waals surface area contributed by atoms with E-state index in [1.807, 2.05) is 0 Å². The van der Waals surface area contributed by atoms with Gasteiger partial charge in [-0.1, -0.05) is 6.07 Å². The molecule has 0 bridgehead atoms. The van der Waals surface area contributed by atoms with Gasteiger partial charge in [0, 0.05) is 38.8 Å². The van der Waals surface area contributed by atoms with Crippen molar-refractivity contribution in [2.45, 2.75) is 38.3 Å². The van der Waals surface area contributed by atoms with Crippen molar-refractivity contribution < 1.29 is 4.42 Å². The maximum atomic E-state index is 6.03. The average molecular weight is 326 g/mol. The fourth-order valence-corrected chi connectivity index (χ4v) is 4.11. The summed E-state index contributed by atoms with van der Waals surface area (Å²) in [5.74, 6) is 0. The number of aromatic nitrogens is 1. The molecule has 128 valence electrons. The van der Waals surface area contributed by atoms with Crippen molar-refractivity contribution >= 4 is 17.1 Å². The number of anilines is 1. The van der Waals surface area contributed by atoms with Crippen molar-refractivity contribution in [3.8, 4) is 0 Å². The number of rotatable bonds is 4. The molecule has 0 unspecified atom stereocenters. The van der Waals surface area contributed by atoms with Crippen LogP contribution in [-0.4, -0.2) is 60.1 Å². The molecule has 1 aromatic carbocycles. The van der Waals surface area contributed by atoms with Gasteiger partial charge in [0.15, 0.2) is 5.58 Å². The molecule has 0 spiro atoms. The summed E-state index contributed by atoms with van der Waals surface area (Å²) in [7, 11) is 0. The summed E-state index contributed by atoms with van der Waals surface area (Å²) in [6.07, 6.45) is 5.46. The molecule has 0 radical (unpaired) electrons. The average Bonchev–Trinajstić information content (AvgIpc) is 3.17. The van der Waals surface area contributed by atoms with Crippen LogP contribution in [0.25, 0.3) is 11.1 Å². The Morgan fingerprint density at radius 3 is 2.54 bits per heavy atom. The Labute approximate surface area is 143 Å². The van der Waals surface area contributed by atoms with Crippen molar-refractivity contribution in [1.82, 2.24) is 14.8 Å². The molecule has 0 amide bonds. The number of hydrogen-bond acceptors (Lipinski definition) is 5. The summed E-state index contributed by atoms with van der Waals surface area (Å²) in [6, 6.07) is 8.17. The molecule has 0 N–H and O–H groups in total. The van der Waals surface area contributed by atoms with Gasteiger partial charge in [0.25, 0.3) is 6.01 Å². The molecule has 5 rings (SSSR count). The molecule has 3 heterocycles. The topological polar surface area (TPSA) is 35.8 Å². The van der Waals surface area contributed by atoms with Crippen LogP contribution in [0.1, 0.15) is 31.2 Å². The molecule has 2 aliphatic heterocycles. The standard InChI is InChI=1S/C19H26N4O/c1-2-8-21(7-1)14-15-3-6-18-17(13-15)20-19(24-18)23-11-9-22(10-12-23)16-4-5-16/h3,6,13,16H,1-2,4-5,7-12,14H2. The van der Waals surface area contributed by atoms with Crippen LogP contribution in [0.5, 0.6) is 0 Å². The van der Waals surface area contributed by atoms with Crippen LogP contribution >= 0.6 is 0 Å².